The number of hydrogen-bond acceptors (Lipinski definition) is 9. The maximum absolute atomic E-state index is 11.9. The number of ether oxygens (including phenoxy) is 5. The van der Waals surface area contributed by atoms with E-state index in [0.29, 0.717) is 6.61 Å². The first-order valence-corrected chi connectivity index (χ1v) is 12.3. The highest BCUT2D eigenvalue weighted by Gasteiger charge is 2.51. The largest absolute Gasteiger partial charge is 0.463 e. The lowest BCUT2D eigenvalue weighted by Crippen LogP contribution is -2.66. The Balaban J connectivity index is 2.83. The molecule has 0 aromatic carbocycles. The maximum atomic E-state index is 11.9. The van der Waals surface area contributed by atoms with Crippen LogP contribution in [0, 0.1) is 0 Å². The lowest BCUT2D eigenvalue weighted by molar-refractivity contribution is -0.277. The predicted octanol–water partition coefficient (Wildman–Crippen LogP) is 2.97. The van der Waals surface area contributed by atoms with Crippen LogP contribution in [0.25, 0.3) is 0 Å². The van der Waals surface area contributed by atoms with E-state index in [4.69, 9.17) is 23.7 Å². The molecular weight excluding hydrogens is 458 g/mol. The number of hydrogen-bond donors (Lipinski definition) is 1. The van der Waals surface area contributed by atoms with Crippen molar-refractivity contribution < 1.29 is 42.9 Å². The van der Waals surface area contributed by atoms with Crippen LogP contribution in [-0.4, -0.2) is 67.7 Å². The summed E-state index contributed by atoms with van der Waals surface area (Å²) in [6.07, 6.45) is 6.34. The molecule has 35 heavy (non-hydrogen) atoms. The van der Waals surface area contributed by atoms with Gasteiger partial charge in [0.1, 0.15) is 18.8 Å². The highest BCUT2D eigenvalue weighted by Crippen LogP contribution is 2.28. The van der Waals surface area contributed by atoms with Gasteiger partial charge in [0.15, 0.2) is 18.5 Å². The molecule has 5 atom stereocenters. The van der Waals surface area contributed by atoms with Gasteiger partial charge in [0.25, 0.3) is 0 Å². The molecule has 0 radical (unpaired) electrons. The van der Waals surface area contributed by atoms with Crippen molar-refractivity contribution in [2.75, 3.05) is 13.2 Å². The molecule has 0 spiro atoms. The van der Waals surface area contributed by atoms with E-state index in [1.807, 2.05) is 6.08 Å². The van der Waals surface area contributed by atoms with E-state index in [1.54, 1.807) is 0 Å². The molecule has 1 aliphatic heterocycles. The minimum atomic E-state index is -1.12. The van der Waals surface area contributed by atoms with Crippen molar-refractivity contribution in [2.45, 2.75) is 110 Å². The molecule has 0 aliphatic carbocycles. The average molecular weight is 500 g/mol. The smallest absolute Gasteiger partial charge is 0.303 e. The minimum Gasteiger partial charge on any atom is -0.463 e. The summed E-state index contributed by atoms with van der Waals surface area (Å²) in [5.74, 6) is -2.23. The van der Waals surface area contributed by atoms with Crippen LogP contribution < -0.4 is 5.32 Å². The van der Waals surface area contributed by atoms with Crippen molar-refractivity contribution in [3.63, 3.8) is 0 Å². The molecule has 1 saturated heterocycles. The molecule has 1 aliphatic rings. The number of carbonyl (C=O) groups excluding carboxylic acids is 4. The molecule has 1 fully saturated rings. The summed E-state index contributed by atoms with van der Waals surface area (Å²) in [5.41, 5.74) is 0. The molecule has 5 unspecified atom stereocenters. The second-order valence-corrected chi connectivity index (χ2v) is 8.64. The summed E-state index contributed by atoms with van der Waals surface area (Å²) in [4.78, 5) is 46.9. The number of amides is 1. The van der Waals surface area contributed by atoms with Crippen LogP contribution in [0.5, 0.6) is 0 Å². The molecule has 10 nitrogen and oxygen atoms in total. The van der Waals surface area contributed by atoms with Gasteiger partial charge in [-0.3, -0.25) is 19.2 Å². The van der Waals surface area contributed by atoms with Crippen LogP contribution in [0.3, 0.4) is 0 Å². The molecular formula is C25H41NO9. The number of rotatable bonds is 16. The Bertz CT molecular complexity index is 696. The fourth-order valence-electron chi connectivity index (χ4n) is 3.91. The van der Waals surface area contributed by atoms with Crippen molar-refractivity contribution in [3.05, 3.63) is 12.7 Å². The molecule has 1 amide bonds. The van der Waals surface area contributed by atoms with Crippen LogP contribution in [-0.2, 0) is 42.9 Å². The SMILES string of the molecule is C=CCCCCCCCCCOC1OC(COC(C)=O)C(OC(C)=O)C(OC(C)=O)C1NC(C)=O. The third kappa shape index (κ3) is 12.7. The lowest BCUT2D eigenvalue weighted by Gasteiger charge is -2.44. The van der Waals surface area contributed by atoms with E-state index < -0.39 is 54.5 Å². The van der Waals surface area contributed by atoms with Gasteiger partial charge < -0.3 is 29.0 Å². The molecule has 0 saturated carbocycles. The van der Waals surface area contributed by atoms with E-state index in [0.717, 1.165) is 32.1 Å². The number of nitrogens with one attached hydrogen (secondary N) is 1. The van der Waals surface area contributed by atoms with Crippen LogP contribution in [0.2, 0.25) is 0 Å². The molecule has 1 rings (SSSR count). The van der Waals surface area contributed by atoms with Gasteiger partial charge in [-0.05, 0) is 19.3 Å². The van der Waals surface area contributed by atoms with E-state index in [9.17, 15) is 19.2 Å². The molecule has 0 aromatic rings. The van der Waals surface area contributed by atoms with E-state index >= 15 is 0 Å². The third-order valence-electron chi connectivity index (χ3n) is 5.41. The standard InChI is InChI=1S/C25H41NO9/c1-6-7-8-9-10-11-12-13-14-15-31-25-22(26-17(2)27)24(34-20(5)30)23(33-19(4)29)21(35-25)16-32-18(3)28/h6,21-25H,1,7-16H2,2-5H3,(H,26,27). The average Bonchev–Trinajstić information content (AvgIpc) is 2.76. The van der Waals surface area contributed by atoms with Crippen molar-refractivity contribution in [1.29, 1.82) is 0 Å². The Morgan fingerprint density at radius 1 is 0.829 bits per heavy atom. The van der Waals surface area contributed by atoms with Crippen LogP contribution in [0.1, 0.15) is 79.1 Å². The van der Waals surface area contributed by atoms with Crippen LogP contribution in [0.15, 0.2) is 12.7 Å². The first-order chi connectivity index (χ1) is 16.6. The number of esters is 3. The fraction of sp³-hybridized carbons (Fsp3) is 0.760. The number of allylic oxidation sites excluding steroid dienone is 1. The number of unbranched alkanes of at least 4 members (excludes halogenated alkanes) is 7. The first kappa shape index (κ1) is 30.6. The van der Waals surface area contributed by atoms with E-state index in [1.165, 1.54) is 47.0 Å². The first-order valence-electron chi connectivity index (χ1n) is 12.3. The summed E-state index contributed by atoms with van der Waals surface area (Å²) in [6, 6.07) is -0.931. The Hall–Kier alpha value is -2.46. The van der Waals surface area contributed by atoms with Gasteiger partial charge in [0.05, 0.1) is 0 Å². The van der Waals surface area contributed by atoms with Crippen molar-refractivity contribution in [3.8, 4) is 0 Å². The Morgan fingerprint density at radius 2 is 1.40 bits per heavy atom. The predicted molar refractivity (Wildman–Crippen MR) is 127 cm³/mol. The van der Waals surface area contributed by atoms with Gasteiger partial charge in [-0.1, -0.05) is 38.2 Å². The van der Waals surface area contributed by atoms with Gasteiger partial charge in [0, 0.05) is 34.3 Å². The van der Waals surface area contributed by atoms with E-state index in [2.05, 4.69) is 11.9 Å². The zero-order valence-electron chi connectivity index (χ0n) is 21.4. The van der Waals surface area contributed by atoms with Crippen LogP contribution >= 0.6 is 0 Å². The zero-order chi connectivity index (χ0) is 26.2. The molecule has 10 heteroatoms. The highest BCUT2D eigenvalue weighted by molar-refractivity contribution is 5.73. The van der Waals surface area contributed by atoms with Crippen molar-refractivity contribution >= 4 is 23.8 Å². The Labute approximate surface area is 208 Å². The van der Waals surface area contributed by atoms with Gasteiger partial charge in [-0.25, -0.2) is 0 Å². The normalized spacial score (nSPS) is 23.7. The summed E-state index contributed by atoms with van der Waals surface area (Å²) in [5, 5.41) is 2.69. The summed E-state index contributed by atoms with van der Waals surface area (Å²) < 4.78 is 27.8. The monoisotopic (exact) mass is 499 g/mol. The van der Waals surface area contributed by atoms with Gasteiger partial charge >= 0.3 is 17.9 Å². The van der Waals surface area contributed by atoms with Crippen molar-refractivity contribution in [2.24, 2.45) is 0 Å². The molecule has 1 N–H and O–H groups in total. The highest BCUT2D eigenvalue weighted by atomic mass is 16.7. The van der Waals surface area contributed by atoms with Crippen molar-refractivity contribution in [1.82, 2.24) is 5.32 Å². The molecule has 1 heterocycles. The quantitative estimate of drug-likeness (QED) is 0.148. The van der Waals surface area contributed by atoms with Gasteiger partial charge in [-0.2, -0.15) is 0 Å². The van der Waals surface area contributed by atoms with Gasteiger partial charge in [0.2, 0.25) is 5.91 Å². The van der Waals surface area contributed by atoms with Gasteiger partial charge in [-0.15, -0.1) is 6.58 Å². The summed E-state index contributed by atoms with van der Waals surface area (Å²) >= 11 is 0. The number of carbonyl (C=O) groups is 4. The second-order valence-electron chi connectivity index (χ2n) is 8.64. The molecule has 0 aromatic heterocycles. The Kier molecular flexibility index (Phi) is 14.9. The third-order valence-corrected chi connectivity index (χ3v) is 5.41. The maximum Gasteiger partial charge on any atom is 0.303 e. The molecule has 0 bridgehead atoms. The van der Waals surface area contributed by atoms with Crippen LogP contribution in [0.4, 0.5) is 0 Å². The Morgan fingerprint density at radius 3 is 1.94 bits per heavy atom. The topological polar surface area (TPSA) is 126 Å². The second kappa shape index (κ2) is 17.0. The fourth-order valence-corrected chi connectivity index (χ4v) is 3.91. The molecule has 200 valence electrons. The zero-order valence-corrected chi connectivity index (χ0v) is 21.4. The summed E-state index contributed by atoms with van der Waals surface area (Å²) in [6.45, 7) is 8.78. The summed E-state index contributed by atoms with van der Waals surface area (Å²) in [7, 11) is 0. The minimum absolute atomic E-state index is 0.246. The van der Waals surface area contributed by atoms with E-state index in [-0.39, 0.29) is 6.61 Å². The lowest BCUT2D eigenvalue weighted by atomic mass is 9.96.